The van der Waals surface area contributed by atoms with Crippen LogP contribution in [0.5, 0.6) is 0 Å². The number of nitrogens with zero attached hydrogens (tertiary/aromatic N) is 2. The lowest BCUT2D eigenvalue weighted by Crippen LogP contribution is -2.28. The van der Waals surface area contributed by atoms with Gasteiger partial charge >= 0.3 is 0 Å². The summed E-state index contributed by atoms with van der Waals surface area (Å²) < 4.78 is 31.1. The van der Waals surface area contributed by atoms with Crippen molar-refractivity contribution in [3.63, 3.8) is 0 Å². The van der Waals surface area contributed by atoms with Crippen molar-refractivity contribution in [2.24, 2.45) is 0 Å². The molecule has 0 amide bonds. The third-order valence-electron chi connectivity index (χ3n) is 5.88. The highest BCUT2D eigenvalue weighted by Crippen LogP contribution is 2.32. The summed E-state index contributed by atoms with van der Waals surface area (Å²) in [5.41, 5.74) is 4.20. The van der Waals surface area contributed by atoms with Crippen molar-refractivity contribution in [1.29, 1.82) is 0 Å². The van der Waals surface area contributed by atoms with Crippen molar-refractivity contribution in [3.05, 3.63) is 87.7 Å². The molecule has 31 heavy (non-hydrogen) atoms. The Hall–Kier alpha value is -1.90. The van der Waals surface area contributed by atoms with E-state index >= 15 is 0 Å². The molecule has 1 aliphatic heterocycles. The first-order valence-corrected chi connectivity index (χ1v) is 13.3. The maximum absolute atomic E-state index is 13.7. The molecule has 0 saturated heterocycles. The molecule has 0 saturated carbocycles. The van der Waals surface area contributed by atoms with Crippen LogP contribution in [-0.2, 0) is 22.9 Å². The summed E-state index contributed by atoms with van der Waals surface area (Å²) in [6, 6.07) is 16.6. The van der Waals surface area contributed by atoms with Gasteiger partial charge in [-0.05, 0) is 40.7 Å². The Labute approximate surface area is 198 Å². The average Bonchev–Trinajstić information content (AvgIpc) is 3.16. The van der Waals surface area contributed by atoms with E-state index in [1.807, 2.05) is 24.3 Å². The molecule has 0 radical (unpaired) electrons. The van der Waals surface area contributed by atoms with E-state index in [1.165, 1.54) is 5.57 Å². The number of rotatable bonds is 5. The molecule has 1 aliphatic rings. The fraction of sp³-hybridized carbons (Fsp3) is 0.280. The standard InChI is InChI=1S/C25H27IN2O2S/c1-2-20(18-26)19-27-16-9-8-14-25-23(15-17-27)22-12-6-7-13-24(22)28(25)31(29,30)21-10-4-3-5-11-21/h3-13,18H,2,14-17,19H2,1H3/b9-8-,20-18-. The van der Waals surface area contributed by atoms with Gasteiger partial charge in [0, 0.05) is 37.1 Å². The molecular formula is C25H27IN2O2S. The summed E-state index contributed by atoms with van der Waals surface area (Å²) in [5.74, 6) is 0. The van der Waals surface area contributed by atoms with E-state index in [-0.39, 0.29) is 0 Å². The Morgan fingerprint density at radius 3 is 2.55 bits per heavy atom. The number of aromatic nitrogens is 1. The average molecular weight is 546 g/mol. The van der Waals surface area contributed by atoms with Gasteiger partial charge in [-0.1, -0.05) is 83.6 Å². The van der Waals surface area contributed by atoms with Crippen molar-refractivity contribution in [2.45, 2.75) is 31.1 Å². The van der Waals surface area contributed by atoms with Crippen LogP contribution in [0.2, 0.25) is 0 Å². The first-order valence-electron chi connectivity index (χ1n) is 10.6. The maximum atomic E-state index is 13.7. The smallest absolute Gasteiger partial charge is 0.268 e. The molecule has 6 heteroatoms. The highest BCUT2D eigenvalue weighted by molar-refractivity contribution is 14.1. The Balaban J connectivity index is 1.82. The van der Waals surface area contributed by atoms with Gasteiger partial charge in [-0.15, -0.1) is 0 Å². The van der Waals surface area contributed by atoms with Gasteiger partial charge in [0.05, 0.1) is 10.4 Å². The monoisotopic (exact) mass is 546 g/mol. The molecular weight excluding hydrogens is 519 g/mol. The second-order valence-electron chi connectivity index (χ2n) is 7.81. The second-order valence-corrected chi connectivity index (χ2v) is 10.2. The van der Waals surface area contributed by atoms with Gasteiger partial charge in [-0.2, -0.15) is 0 Å². The maximum Gasteiger partial charge on any atom is 0.268 e. The van der Waals surface area contributed by atoms with Gasteiger partial charge in [0.2, 0.25) is 0 Å². The molecule has 2 heterocycles. The van der Waals surface area contributed by atoms with E-state index < -0.39 is 10.0 Å². The quantitative estimate of drug-likeness (QED) is 0.311. The number of allylic oxidation sites excluding steroid dienone is 1. The van der Waals surface area contributed by atoms with Crippen LogP contribution in [-0.4, -0.2) is 36.9 Å². The molecule has 0 atom stereocenters. The molecule has 1 aromatic heterocycles. The first kappa shape index (κ1) is 22.3. The van der Waals surface area contributed by atoms with Crippen molar-refractivity contribution in [3.8, 4) is 0 Å². The van der Waals surface area contributed by atoms with Crippen LogP contribution in [0, 0.1) is 0 Å². The fourth-order valence-corrected chi connectivity index (χ4v) is 6.46. The Bertz CT molecular complexity index is 1230. The second kappa shape index (κ2) is 9.71. The number of hydrogen-bond donors (Lipinski definition) is 0. The summed E-state index contributed by atoms with van der Waals surface area (Å²) in [6.45, 7) is 4.91. The third-order valence-corrected chi connectivity index (χ3v) is 8.52. The Kier molecular flexibility index (Phi) is 6.99. The predicted molar refractivity (Wildman–Crippen MR) is 136 cm³/mol. The molecule has 0 fully saturated rings. The van der Waals surface area contributed by atoms with Crippen LogP contribution in [0.3, 0.4) is 0 Å². The van der Waals surface area contributed by atoms with Crippen LogP contribution in [0.4, 0.5) is 0 Å². The van der Waals surface area contributed by atoms with Crippen LogP contribution in [0.1, 0.15) is 24.6 Å². The Morgan fingerprint density at radius 1 is 1.06 bits per heavy atom. The molecule has 0 unspecified atom stereocenters. The van der Waals surface area contributed by atoms with Crippen molar-refractivity contribution >= 4 is 43.5 Å². The SMILES string of the molecule is CC/C(=C/I)CN1C/C=C\Cc2c(c3ccccc3n2S(=O)(=O)c2ccccc2)CC1. The number of halogens is 1. The fourth-order valence-electron chi connectivity index (χ4n) is 4.22. The number of benzene rings is 2. The van der Waals surface area contributed by atoms with E-state index in [2.05, 4.69) is 56.7 Å². The third kappa shape index (κ3) is 4.52. The lowest BCUT2D eigenvalue weighted by atomic mass is 10.1. The zero-order valence-electron chi connectivity index (χ0n) is 17.7. The minimum Gasteiger partial charge on any atom is -0.295 e. The van der Waals surface area contributed by atoms with Gasteiger partial charge in [-0.25, -0.2) is 12.4 Å². The summed E-state index contributed by atoms with van der Waals surface area (Å²) in [5, 5.41) is 1.03. The molecule has 4 nitrogen and oxygen atoms in total. The normalized spacial score (nSPS) is 17.0. The predicted octanol–water partition coefficient (Wildman–Crippen LogP) is 5.56. The summed E-state index contributed by atoms with van der Waals surface area (Å²) >= 11 is 2.32. The minimum atomic E-state index is -3.69. The molecule has 162 valence electrons. The van der Waals surface area contributed by atoms with Crippen LogP contribution in [0.25, 0.3) is 10.9 Å². The van der Waals surface area contributed by atoms with E-state index in [4.69, 9.17) is 0 Å². The van der Waals surface area contributed by atoms with E-state index in [9.17, 15) is 8.42 Å². The largest absolute Gasteiger partial charge is 0.295 e. The summed E-state index contributed by atoms with van der Waals surface area (Å²) in [4.78, 5) is 2.76. The van der Waals surface area contributed by atoms with Crippen LogP contribution < -0.4 is 0 Å². The van der Waals surface area contributed by atoms with Gasteiger partial charge in [0.1, 0.15) is 0 Å². The lowest BCUT2D eigenvalue weighted by molar-refractivity contribution is 0.330. The molecule has 0 N–H and O–H groups in total. The molecule has 0 aliphatic carbocycles. The van der Waals surface area contributed by atoms with Gasteiger partial charge < -0.3 is 0 Å². The zero-order chi connectivity index (χ0) is 21.8. The van der Waals surface area contributed by atoms with Gasteiger partial charge in [0.15, 0.2) is 0 Å². The van der Waals surface area contributed by atoms with Crippen molar-refractivity contribution in [1.82, 2.24) is 8.87 Å². The molecule has 2 aromatic carbocycles. The molecule has 0 bridgehead atoms. The number of fused-ring (bicyclic) bond motifs is 3. The van der Waals surface area contributed by atoms with Crippen LogP contribution >= 0.6 is 22.6 Å². The van der Waals surface area contributed by atoms with E-state index in [1.54, 1.807) is 28.2 Å². The molecule has 4 rings (SSSR count). The highest BCUT2D eigenvalue weighted by Gasteiger charge is 2.26. The lowest BCUT2D eigenvalue weighted by Gasteiger charge is -2.21. The topological polar surface area (TPSA) is 42.3 Å². The highest BCUT2D eigenvalue weighted by atomic mass is 127. The van der Waals surface area contributed by atoms with Crippen LogP contribution in [0.15, 0.2) is 81.3 Å². The molecule has 3 aromatic rings. The van der Waals surface area contributed by atoms with E-state index in [0.29, 0.717) is 11.3 Å². The van der Waals surface area contributed by atoms with Crippen molar-refractivity contribution in [2.75, 3.05) is 19.6 Å². The Morgan fingerprint density at radius 2 is 1.81 bits per heavy atom. The van der Waals surface area contributed by atoms with Crippen molar-refractivity contribution < 1.29 is 8.42 Å². The summed E-state index contributed by atoms with van der Waals surface area (Å²) in [7, 11) is -3.69. The first-order chi connectivity index (χ1) is 15.1. The number of para-hydroxylation sites is 1. The van der Waals surface area contributed by atoms with Gasteiger partial charge in [-0.3, -0.25) is 4.90 Å². The summed E-state index contributed by atoms with van der Waals surface area (Å²) in [6.07, 6.45) is 6.77. The number of hydrogen-bond acceptors (Lipinski definition) is 3. The zero-order valence-corrected chi connectivity index (χ0v) is 20.6. The van der Waals surface area contributed by atoms with Gasteiger partial charge in [0.25, 0.3) is 10.0 Å². The molecule has 0 spiro atoms. The van der Waals surface area contributed by atoms with E-state index in [0.717, 1.165) is 54.6 Å². The minimum absolute atomic E-state index is 0.323.